The molecule has 0 heterocycles. The number of aliphatic hydroxyl groups is 1. The fourth-order valence-electron chi connectivity index (χ4n) is 1.31. The van der Waals surface area contributed by atoms with E-state index in [0.29, 0.717) is 5.56 Å². The topological polar surface area (TPSA) is 88.0 Å². The number of rotatable bonds is 5. The summed E-state index contributed by atoms with van der Waals surface area (Å²) < 4.78 is 4.75. The van der Waals surface area contributed by atoms with Crippen LogP contribution in [0.15, 0.2) is 46.8 Å². The zero-order chi connectivity index (χ0) is 15.0. The Morgan fingerprint density at radius 2 is 2.00 bits per heavy atom. The molecular formula is C14H16N2O4. The third-order valence-electron chi connectivity index (χ3n) is 2.28. The first-order valence-electron chi connectivity index (χ1n) is 6.01. The van der Waals surface area contributed by atoms with Gasteiger partial charge in [0.2, 0.25) is 0 Å². The van der Waals surface area contributed by atoms with Crippen LogP contribution in [0.2, 0.25) is 0 Å². The number of hydrogen-bond donors (Lipinski definition) is 2. The summed E-state index contributed by atoms with van der Waals surface area (Å²) in [6.07, 6.45) is 1.05. The minimum Gasteiger partial charge on any atom is -0.512 e. The van der Waals surface area contributed by atoms with Crippen LogP contribution in [0.1, 0.15) is 24.2 Å². The molecule has 1 amide bonds. The summed E-state index contributed by atoms with van der Waals surface area (Å²) in [6.45, 7) is 3.16. The van der Waals surface area contributed by atoms with Gasteiger partial charge in [-0.05, 0) is 26.0 Å². The van der Waals surface area contributed by atoms with Crippen LogP contribution in [0.3, 0.4) is 0 Å². The van der Waals surface area contributed by atoms with E-state index in [1.54, 1.807) is 37.3 Å². The number of nitrogens with one attached hydrogen (secondary N) is 1. The van der Waals surface area contributed by atoms with E-state index < -0.39 is 11.9 Å². The highest BCUT2D eigenvalue weighted by Crippen LogP contribution is 2.02. The first kappa shape index (κ1) is 15.4. The van der Waals surface area contributed by atoms with Gasteiger partial charge in [-0.15, -0.1) is 0 Å². The standard InChI is InChI=1S/C14H16N2O4/c1-3-20-14(19)12(10(2)17)9-15-16-13(18)11-7-5-4-6-8-11/h4-9,17H,3H2,1-2H3,(H,16,18)/b12-10-,15-9+. The lowest BCUT2D eigenvalue weighted by Crippen LogP contribution is -2.19. The summed E-state index contributed by atoms with van der Waals surface area (Å²) in [7, 11) is 0. The molecule has 106 valence electrons. The van der Waals surface area contributed by atoms with Crippen LogP contribution in [0.5, 0.6) is 0 Å². The lowest BCUT2D eigenvalue weighted by molar-refractivity contribution is -0.138. The zero-order valence-electron chi connectivity index (χ0n) is 11.3. The van der Waals surface area contributed by atoms with Gasteiger partial charge in [0.15, 0.2) is 0 Å². The molecule has 0 unspecified atom stereocenters. The van der Waals surface area contributed by atoms with Gasteiger partial charge in [0, 0.05) is 5.56 Å². The van der Waals surface area contributed by atoms with Crippen LogP contribution in [0, 0.1) is 0 Å². The van der Waals surface area contributed by atoms with E-state index in [-0.39, 0.29) is 17.9 Å². The molecule has 0 saturated heterocycles. The minimum absolute atomic E-state index is 0.111. The normalized spacial score (nSPS) is 11.9. The number of nitrogens with zero attached hydrogens (tertiary/aromatic N) is 1. The van der Waals surface area contributed by atoms with Crippen molar-refractivity contribution in [3.63, 3.8) is 0 Å². The van der Waals surface area contributed by atoms with Crippen LogP contribution < -0.4 is 5.43 Å². The molecule has 6 nitrogen and oxygen atoms in total. The quantitative estimate of drug-likeness (QED) is 0.282. The average Bonchev–Trinajstić information content (AvgIpc) is 2.44. The first-order chi connectivity index (χ1) is 9.56. The fourth-order valence-corrected chi connectivity index (χ4v) is 1.31. The Morgan fingerprint density at radius 3 is 2.55 bits per heavy atom. The van der Waals surface area contributed by atoms with Crippen molar-refractivity contribution in [1.82, 2.24) is 5.43 Å². The fraction of sp³-hybridized carbons (Fsp3) is 0.214. The Bertz CT molecular complexity index is 531. The molecule has 0 aliphatic rings. The SMILES string of the molecule is CCOC(=O)C(/C=N/NC(=O)c1ccccc1)=C(/C)O. The van der Waals surface area contributed by atoms with Crippen LogP contribution >= 0.6 is 0 Å². The molecule has 20 heavy (non-hydrogen) atoms. The monoisotopic (exact) mass is 276 g/mol. The minimum atomic E-state index is -0.704. The lowest BCUT2D eigenvalue weighted by atomic mass is 10.2. The Hall–Kier alpha value is -2.63. The number of carbonyl (C=O) groups is 2. The molecule has 0 saturated carbocycles. The van der Waals surface area contributed by atoms with E-state index in [0.717, 1.165) is 6.21 Å². The predicted molar refractivity (Wildman–Crippen MR) is 74.4 cm³/mol. The molecule has 1 rings (SSSR count). The third kappa shape index (κ3) is 4.56. The van der Waals surface area contributed by atoms with E-state index in [1.165, 1.54) is 6.92 Å². The summed E-state index contributed by atoms with van der Waals surface area (Å²) in [5.41, 5.74) is 2.58. The van der Waals surface area contributed by atoms with E-state index in [9.17, 15) is 14.7 Å². The number of allylic oxidation sites excluding steroid dienone is 1. The summed E-state index contributed by atoms with van der Waals surface area (Å²) in [4.78, 5) is 23.2. The zero-order valence-corrected chi connectivity index (χ0v) is 11.3. The van der Waals surface area contributed by atoms with E-state index >= 15 is 0 Å². The van der Waals surface area contributed by atoms with Gasteiger partial charge in [0.1, 0.15) is 11.3 Å². The second-order valence-electron chi connectivity index (χ2n) is 3.78. The highest BCUT2D eigenvalue weighted by atomic mass is 16.5. The Balaban J connectivity index is 2.69. The molecule has 0 aliphatic carbocycles. The number of aliphatic hydroxyl groups excluding tert-OH is 1. The maximum Gasteiger partial charge on any atom is 0.343 e. The maximum absolute atomic E-state index is 11.7. The molecule has 1 aromatic carbocycles. The molecule has 0 atom stereocenters. The molecule has 0 spiro atoms. The largest absolute Gasteiger partial charge is 0.512 e. The maximum atomic E-state index is 11.7. The second kappa shape index (κ2) is 7.73. The number of carbonyl (C=O) groups excluding carboxylic acids is 2. The average molecular weight is 276 g/mol. The Morgan fingerprint density at radius 1 is 1.35 bits per heavy atom. The van der Waals surface area contributed by atoms with Crippen molar-refractivity contribution in [3.8, 4) is 0 Å². The smallest absolute Gasteiger partial charge is 0.343 e. The van der Waals surface area contributed by atoms with Crippen molar-refractivity contribution < 1.29 is 19.4 Å². The molecule has 0 aliphatic heterocycles. The highest BCUT2D eigenvalue weighted by molar-refractivity contribution is 6.10. The van der Waals surface area contributed by atoms with Crippen molar-refractivity contribution >= 4 is 18.1 Å². The second-order valence-corrected chi connectivity index (χ2v) is 3.78. The van der Waals surface area contributed by atoms with E-state index in [1.807, 2.05) is 0 Å². The van der Waals surface area contributed by atoms with Crippen LogP contribution in [0.4, 0.5) is 0 Å². The van der Waals surface area contributed by atoms with E-state index in [4.69, 9.17) is 4.74 Å². The number of ether oxygens (including phenoxy) is 1. The molecule has 2 N–H and O–H groups in total. The van der Waals surface area contributed by atoms with Crippen molar-refractivity contribution in [2.45, 2.75) is 13.8 Å². The van der Waals surface area contributed by atoms with Crippen molar-refractivity contribution in [3.05, 3.63) is 47.2 Å². The lowest BCUT2D eigenvalue weighted by Gasteiger charge is -2.03. The number of hydrazone groups is 1. The summed E-state index contributed by atoms with van der Waals surface area (Å²) in [5.74, 6) is -1.35. The van der Waals surface area contributed by atoms with Gasteiger partial charge >= 0.3 is 5.97 Å². The molecular weight excluding hydrogens is 260 g/mol. The number of hydrogen-bond acceptors (Lipinski definition) is 5. The molecule has 0 aromatic heterocycles. The molecule has 0 radical (unpaired) electrons. The van der Waals surface area contributed by atoms with Gasteiger partial charge in [-0.3, -0.25) is 4.79 Å². The van der Waals surface area contributed by atoms with Gasteiger partial charge in [-0.2, -0.15) is 5.10 Å². The van der Waals surface area contributed by atoms with Crippen molar-refractivity contribution in [1.29, 1.82) is 0 Å². The van der Waals surface area contributed by atoms with Crippen LogP contribution in [-0.2, 0) is 9.53 Å². The molecule has 0 fully saturated rings. The van der Waals surface area contributed by atoms with Gasteiger partial charge in [-0.25, -0.2) is 10.2 Å². The summed E-state index contributed by atoms with van der Waals surface area (Å²) >= 11 is 0. The third-order valence-corrected chi connectivity index (χ3v) is 2.28. The van der Waals surface area contributed by atoms with Crippen molar-refractivity contribution in [2.75, 3.05) is 6.61 Å². The van der Waals surface area contributed by atoms with Gasteiger partial charge in [-0.1, -0.05) is 18.2 Å². The van der Waals surface area contributed by atoms with Gasteiger partial charge in [0.25, 0.3) is 5.91 Å². The number of amides is 1. The summed E-state index contributed by atoms with van der Waals surface area (Å²) in [5, 5.41) is 13.0. The Kier molecular flexibility index (Phi) is 5.96. The number of esters is 1. The van der Waals surface area contributed by atoms with Crippen molar-refractivity contribution in [2.24, 2.45) is 5.10 Å². The Labute approximate surface area is 116 Å². The van der Waals surface area contributed by atoms with Crippen LogP contribution in [-0.4, -0.2) is 29.8 Å². The van der Waals surface area contributed by atoms with E-state index in [2.05, 4.69) is 10.5 Å². The highest BCUT2D eigenvalue weighted by Gasteiger charge is 2.12. The van der Waals surface area contributed by atoms with Gasteiger partial charge in [0.05, 0.1) is 12.8 Å². The van der Waals surface area contributed by atoms with Gasteiger partial charge < -0.3 is 9.84 Å². The molecule has 6 heteroatoms. The number of benzene rings is 1. The first-order valence-corrected chi connectivity index (χ1v) is 6.01. The van der Waals surface area contributed by atoms with Crippen LogP contribution in [0.25, 0.3) is 0 Å². The predicted octanol–water partition coefficient (Wildman–Crippen LogP) is 1.80. The molecule has 1 aromatic rings. The molecule has 0 bridgehead atoms. The summed E-state index contributed by atoms with van der Waals surface area (Å²) in [6, 6.07) is 8.49.